The number of carbonyl (C=O) groups is 1. The zero-order valence-electron chi connectivity index (χ0n) is 9.23. The zero-order valence-corrected chi connectivity index (χ0v) is 9.23. The van der Waals surface area contributed by atoms with Crippen LogP contribution in [0.25, 0.3) is 0 Å². The lowest BCUT2D eigenvalue weighted by atomic mass is 10.1. The lowest BCUT2D eigenvalue weighted by Gasteiger charge is -2.12. The van der Waals surface area contributed by atoms with Gasteiger partial charge >= 0.3 is 0 Å². The quantitative estimate of drug-likeness (QED) is 0.746. The predicted molar refractivity (Wildman–Crippen MR) is 62.5 cm³/mol. The Bertz CT molecular complexity index is 430. The zero-order chi connectivity index (χ0) is 11.5. The molecule has 1 aromatic rings. The highest BCUT2D eigenvalue weighted by atomic mass is 16.3. The molecule has 0 unspecified atom stereocenters. The van der Waals surface area contributed by atoms with Crippen molar-refractivity contribution in [2.24, 2.45) is 0 Å². The summed E-state index contributed by atoms with van der Waals surface area (Å²) in [6.45, 7) is 1.78. The highest BCUT2D eigenvalue weighted by Crippen LogP contribution is 2.17. The second-order valence-corrected chi connectivity index (χ2v) is 4.11. The van der Waals surface area contributed by atoms with Crippen molar-refractivity contribution >= 4 is 5.91 Å². The smallest absolute Gasteiger partial charge is 0.251 e. The maximum absolute atomic E-state index is 11.8. The molecule has 1 aliphatic rings. The van der Waals surface area contributed by atoms with Gasteiger partial charge in [0.25, 0.3) is 5.91 Å². The Hall–Kier alpha value is -1.77. The van der Waals surface area contributed by atoms with Crippen LogP contribution in [-0.4, -0.2) is 17.1 Å². The van der Waals surface area contributed by atoms with Gasteiger partial charge in [-0.05, 0) is 43.5 Å². The Kier molecular flexibility index (Phi) is 2.95. The Morgan fingerprint density at radius 3 is 2.69 bits per heavy atom. The fourth-order valence-corrected chi connectivity index (χ4v) is 1.80. The van der Waals surface area contributed by atoms with E-state index in [1.54, 1.807) is 25.1 Å². The average molecular weight is 217 g/mol. The predicted octanol–water partition coefficient (Wildman–Crippen LogP) is 2.15. The van der Waals surface area contributed by atoms with E-state index in [4.69, 9.17) is 0 Å². The van der Waals surface area contributed by atoms with Gasteiger partial charge in [-0.3, -0.25) is 4.79 Å². The van der Waals surface area contributed by atoms with Gasteiger partial charge in [-0.25, -0.2) is 0 Å². The first-order valence-corrected chi connectivity index (χ1v) is 5.42. The fraction of sp³-hybridized carbons (Fsp3) is 0.308. The number of phenols is 1. The van der Waals surface area contributed by atoms with Crippen molar-refractivity contribution in [3.05, 3.63) is 41.5 Å². The van der Waals surface area contributed by atoms with Gasteiger partial charge in [0.2, 0.25) is 0 Å². The molecule has 84 valence electrons. The summed E-state index contributed by atoms with van der Waals surface area (Å²) < 4.78 is 0. The Balaban J connectivity index is 2.05. The molecule has 0 aliphatic heterocycles. The maximum atomic E-state index is 11.8. The molecule has 1 aromatic carbocycles. The Morgan fingerprint density at radius 1 is 1.38 bits per heavy atom. The molecule has 0 bridgehead atoms. The van der Waals surface area contributed by atoms with Gasteiger partial charge in [-0.1, -0.05) is 12.2 Å². The summed E-state index contributed by atoms with van der Waals surface area (Å²) in [7, 11) is 0. The molecule has 0 spiro atoms. The van der Waals surface area contributed by atoms with Crippen LogP contribution in [-0.2, 0) is 0 Å². The highest BCUT2D eigenvalue weighted by molar-refractivity contribution is 5.94. The van der Waals surface area contributed by atoms with Gasteiger partial charge in [-0.15, -0.1) is 0 Å². The van der Waals surface area contributed by atoms with E-state index in [0.29, 0.717) is 5.56 Å². The van der Waals surface area contributed by atoms with Gasteiger partial charge in [0.1, 0.15) is 5.75 Å². The first-order chi connectivity index (χ1) is 7.66. The molecule has 0 saturated carbocycles. The Labute approximate surface area is 94.8 Å². The second-order valence-electron chi connectivity index (χ2n) is 4.11. The van der Waals surface area contributed by atoms with Gasteiger partial charge in [0, 0.05) is 11.6 Å². The molecule has 1 amide bonds. The van der Waals surface area contributed by atoms with Crippen LogP contribution in [0.2, 0.25) is 0 Å². The molecule has 2 rings (SSSR count). The minimum absolute atomic E-state index is 0.0724. The van der Waals surface area contributed by atoms with Crippen LogP contribution in [0.3, 0.4) is 0 Å². The van der Waals surface area contributed by atoms with E-state index in [1.807, 2.05) is 0 Å². The molecule has 0 atom stereocenters. The first-order valence-electron chi connectivity index (χ1n) is 5.42. The normalized spacial score (nSPS) is 15.3. The third-order valence-electron chi connectivity index (χ3n) is 2.80. The molecular weight excluding hydrogens is 202 g/mol. The summed E-state index contributed by atoms with van der Waals surface area (Å²) in [5.41, 5.74) is 1.32. The molecule has 3 heteroatoms. The number of rotatable bonds is 2. The SMILES string of the molecule is Cc1cc(C(=O)NC2CC=CC2)ccc1O. The second kappa shape index (κ2) is 4.39. The Morgan fingerprint density at radius 2 is 2.06 bits per heavy atom. The highest BCUT2D eigenvalue weighted by Gasteiger charge is 2.14. The minimum atomic E-state index is -0.0724. The van der Waals surface area contributed by atoms with Crippen molar-refractivity contribution in [3.63, 3.8) is 0 Å². The van der Waals surface area contributed by atoms with Crippen LogP contribution < -0.4 is 5.32 Å². The summed E-state index contributed by atoms with van der Waals surface area (Å²) >= 11 is 0. The standard InChI is InChI=1S/C13H15NO2/c1-9-8-10(6-7-12(9)15)13(16)14-11-4-2-3-5-11/h2-3,6-8,11,15H,4-5H2,1H3,(H,14,16). The maximum Gasteiger partial charge on any atom is 0.251 e. The third-order valence-corrected chi connectivity index (χ3v) is 2.80. The molecule has 0 aromatic heterocycles. The number of amides is 1. The van der Waals surface area contributed by atoms with Crippen LogP contribution >= 0.6 is 0 Å². The van der Waals surface area contributed by atoms with E-state index < -0.39 is 0 Å². The molecule has 2 N–H and O–H groups in total. The third kappa shape index (κ3) is 2.24. The lowest BCUT2D eigenvalue weighted by Crippen LogP contribution is -2.32. The van der Waals surface area contributed by atoms with Gasteiger partial charge in [-0.2, -0.15) is 0 Å². The molecule has 16 heavy (non-hydrogen) atoms. The topological polar surface area (TPSA) is 49.3 Å². The van der Waals surface area contributed by atoms with Crippen LogP contribution in [0.15, 0.2) is 30.4 Å². The van der Waals surface area contributed by atoms with Gasteiger partial charge in [0.05, 0.1) is 0 Å². The molecule has 0 saturated heterocycles. The van der Waals surface area contributed by atoms with Crippen LogP contribution in [0.1, 0.15) is 28.8 Å². The summed E-state index contributed by atoms with van der Waals surface area (Å²) in [4.78, 5) is 11.8. The molecule has 0 radical (unpaired) electrons. The number of aromatic hydroxyl groups is 1. The fourth-order valence-electron chi connectivity index (χ4n) is 1.80. The van der Waals surface area contributed by atoms with Gasteiger partial charge < -0.3 is 10.4 Å². The molecule has 0 fully saturated rings. The monoisotopic (exact) mass is 217 g/mol. The molecule has 1 aliphatic carbocycles. The number of benzene rings is 1. The van der Waals surface area contributed by atoms with Crippen molar-refractivity contribution in [1.29, 1.82) is 0 Å². The number of carbonyl (C=O) groups excluding carboxylic acids is 1. The van der Waals surface area contributed by atoms with E-state index in [0.717, 1.165) is 18.4 Å². The average Bonchev–Trinajstić information content (AvgIpc) is 2.74. The van der Waals surface area contributed by atoms with E-state index >= 15 is 0 Å². The van der Waals surface area contributed by atoms with E-state index in [2.05, 4.69) is 17.5 Å². The summed E-state index contributed by atoms with van der Waals surface area (Å²) in [5, 5.41) is 12.3. The van der Waals surface area contributed by atoms with Crippen LogP contribution in [0, 0.1) is 6.92 Å². The number of nitrogens with one attached hydrogen (secondary N) is 1. The number of hydrogen-bond acceptors (Lipinski definition) is 2. The first kappa shape index (κ1) is 10.7. The summed E-state index contributed by atoms with van der Waals surface area (Å²) in [6, 6.07) is 5.12. The molecular formula is C13H15NO2. The summed E-state index contributed by atoms with van der Waals surface area (Å²) in [6.07, 6.45) is 5.96. The van der Waals surface area contributed by atoms with Crippen molar-refractivity contribution < 1.29 is 9.90 Å². The van der Waals surface area contributed by atoms with Crippen molar-refractivity contribution in [3.8, 4) is 5.75 Å². The molecule has 0 heterocycles. The van der Waals surface area contributed by atoms with E-state index in [-0.39, 0.29) is 17.7 Å². The summed E-state index contributed by atoms with van der Waals surface area (Å²) in [5.74, 6) is 0.149. The number of phenolic OH excluding ortho intramolecular Hbond substituents is 1. The van der Waals surface area contributed by atoms with Crippen LogP contribution in [0.5, 0.6) is 5.75 Å². The number of hydrogen-bond donors (Lipinski definition) is 2. The number of aryl methyl sites for hydroxylation is 1. The van der Waals surface area contributed by atoms with E-state index in [1.165, 1.54) is 0 Å². The van der Waals surface area contributed by atoms with Crippen molar-refractivity contribution in [1.82, 2.24) is 5.32 Å². The van der Waals surface area contributed by atoms with Crippen LogP contribution in [0.4, 0.5) is 0 Å². The van der Waals surface area contributed by atoms with Crippen molar-refractivity contribution in [2.45, 2.75) is 25.8 Å². The largest absolute Gasteiger partial charge is 0.508 e. The van der Waals surface area contributed by atoms with E-state index in [9.17, 15) is 9.90 Å². The lowest BCUT2D eigenvalue weighted by molar-refractivity contribution is 0.0939. The minimum Gasteiger partial charge on any atom is -0.508 e. The van der Waals surface area contributed by atoms with Crippen molar-refractivity contribution in [2.75, 3.05) is 0 Å². The van der Waals surface area contributed by atoms with Gasteiger partial charge in [0.15, 0.2) is 0 Å². The molecule has 3 nitrogen and oxygen atoms in total.